The van der Waals surface area contributed by atoms with E-state index in [0.717, 1.165) is 19.4 Å². The molecule has 0 saturated carbocycles. The van der Waals surface area contributed by atoms with Crippen molar-refractivity contribution in [2.75, 3.05) is 32.8 Å². The largest absolute Gasteiger partial charge is 0.370 e. The lowest BCUT2D eigenvalue weighted by molar-refractivity contribution is -0.139. The molecule has 0 aromatic heterocycles. The van der Waals surface area contributed by atoms with E-state index in [2.05, 4.69) is 5.32 Å². The predicted molar refractivity (Wildman–Crippen MR) is 65.7 cm³/mol. The molecule has 0 aliphatic carbocycles. The fourth-order valence-corrected chi connectivity index (χ4v) is 2.67. The first kappa shape index (κ1) is 13.3. The molecular weight excluding hydrogens is 234 g/mol. The van der Waals surface area contributed by atoms with E-state index < -0.39 is 0 Å². The van der Waals surface area contributed by atoms with Gasteiger partial charge < -0.3 is 20.7 Å². The molecular formula is C12H21N3O3. The number of rotatable bonds is 4. The summed E-state index contributed by atoms with van der Waals surface area (Å²) in [6.07, 6.45) is 2.30. The van der Waals surface area contributed by atoms with Crippen LogP contribution >= 0.6 is 0 Å². The van der Waals surface area contributed by atoms with E-state index in [9.17, 15) is 9.59 Å². The van der Waals surface area contributed by atoms with Crippen LogP contribution < -0.4 is 11.1 Å². The van der Waals surface area contributed by atoms with Crippen molar-refractivity contribution < 1.29 is 14.3 Å². The molecule has 0 radical (unpaired) electrons. The van der Waals surface area contributed by atoms with E-state index >= 15 is 0 Å². The number of nitrogens with two attached hydrogens (primary N) is 1. The van der Waals surface area contributed by atoms with Gasteiger partial charge in [0.1, 0.15) is 6.61 Å². The molecule has 3 N–H and O–H groups in total. The highest BCUT2D eigenvalue weighted by Crippen LogP contribution is 2.25. The van der Waals surface area contributed by atoms with Gasteiger partial charge in [0.2, 0.25) is 11.8 Å². The normalized spacial score (nSPS) is 27.6. The summed E-state index contributed by atoms with van der Waals surface area (Å²) in [5, 5.41) is 3.01. The molecule has 2 aliphatic heterocycles. The topological polar surface area (TPSA) is 84.7 Å². The fourth-order valence-electron chi connectivity index (χ4n) is 2.67. The van der Waals surface area contributed by atoms with Crippen LogP contribution in [0.15, 0.2) is 0 Å². The van der Waals surface area contributed by atoms with Gasteiger partial charge in [-0.1, -0.05) is 0 Å². The molecule has 2 aliphatic rings. The van der Waals surface area contributed by atoms with E-state index in [1.165, 1.54) is 0 Å². The van der Waals surface area contributed by atoms with E-state index in [4.69, 9.17) is 10.5 Å². The summed E-state index contributed by atoms with van der Waals surface area (Å²) in [4.78, 5) is 25.0. The molecule has 6 nitrogen and oxygen atoms in total. The standard InChI is InChI=1S/C12H21N3O3/c13-4-6-18-8-12(17)15-5-3-10-9(7-15)1-2-11(16)14-10/h9-10H,1-8,13H2,(H,14,16). The second-order valence-corrected chi connectivity index (χ2v) is 4.94. The van der Waals surface area contributed by atoms with Gasteiger partial charge in [-0.05, 0) is 18.8 Å². The Morgan fingerprint density at radius 3 is 3.11 bits per heavy atom. The highest BCUT2D eigenvalue weighted by Gasteiger charge is 2.35. The second-order valence-electron chi connectivity index (χ2n) is 4.94. The van der Waals surface area contributed by atoms with Gasteiger partial charge in [0.05, 0.1) is 6.61 Å². The maximum absolute atomic E-state index is 11.9. The number of carbonyl (C=O) groups is 2. The van der Waals surface area contributed by atoms with Gasteiger partial charge in [-0.3, -0.25) is 9.59 Å². The molecule has 2 unspecified atom stereocenters. The molecule has 0 aromatic carbocycles. The summed E-state index contributed by atoms with van der Waals surface area (Å²) in [7, 11) is 0. The van der Waals surface area contributed by atoms with Crippen LogP contribution in [0.25, 0.3) is 0 Å². The van der Waals surface area contributed by atoms with E-state index in [-0.39, 0.29) is 24.5 Å². The first-order valence-corrected chi connectivity index (χ1v) is 6.55. The van der Waals surface area contributed by atoms with Crippen LogP contribution in [-0.4, -0.2) is 55.6 Å². The number of nitrogens with zero attached hydrogens (tertiary/aromatic N) is 1. The average molecular weight is 255 g/mol. The molecule has 2 amide bonds. The molecule has 0 aromatic rings. The number of hydrogen-bond donors (Lipinski definition) is 2. The Balaban J connectivity index is 1.79. The van der Waals surface area contributed by atoms with E-state index in [0.29, 0.717) is 32.0 Å². The van der Waals surface area contributed by atoms with Crippen LogP contribution in [-0.2, 0) is 14.3 Å². The van der Waals surface area contributed by atoms with Gasteiger partial charge in [-0.25, -0.2) is 0 Å². The Morgan fingerprint density at radius 1 is 1.50 bits per heavy atom. The molecule has 102 valence electrons. The summed E-state index contributed by atoms with van der Waals surface area (Å²) in [5.41, 5.74) is 5.30. The third-order valence-electron chi connectivity index (χ3n) is 3.66. The molecule has 2 atom stereocenters. The summed E-state index contributed by atoms with van der Waals surface area (Å²) in [6.45, 7) is 2.40. The minimum absolute atomic E-state index is 0.0267. The number of amides is 2. The lowest BCUT2D eigenvalue weighted by Gasteiger charge is -2.41. The smallest absolute Gasteiger partial charge is 0.248 e. The zero-order chi connectivity index (χ0) is 13.0. The average Bonchev–Trinajstić information content (AvgIpc) is 2.38. The van der Waals surface area contributed by atoms with Crippen molar-refractivity contribution >= 4 is 11.8 Å². The second kappa shape index (κ2) is 6.15. The van der Waals surface area contributed by atoms with Crippen molar-refractivity contribution in [3.8, 4) is 0 Å². The van der Waals surface area contributed by atoms with Crippen LogP contribution in [0.4, 0.5) is 0 Å². The predicted octanol–water partition coefficient (Wildman–Crippen LogP) is -0.911. The molecule has 0 bridgehead atoms. The van der Waals surface area contributed by atoms with Crippen LogP contribution in [0.1, 0.15) is 19.3 Å². The van der Waals surface area contributed by atoms with Gasteiger partial charge in [-0.15, -0.1) is 0 Å². The molecule has 18 heavy (non-hydrogen) atoms. The molecule has 2 fully saturated rings. The van der Waals surface area contributed by atoms with Gasteiger partial charge >= 0.3 is 0 Å². The fraction of sp³-hybridized carbons (Fsp3) is 0.833. The van der Waals surface area contributed by atoms with E-state index in [1.54, 1.807) is 0 Å². The van der Waals surface area contributed by atoms with Gasteiger partial charge in [0.25, 0.3) is 0 Å². The number of ether oxygens (including phenoxy) is 1. The van der Waals surface area contributed by atoms with Crippen molar-refractivity contribution in [3.05, 3.63) is 0 Å². The van der Waals surface area contributed by atoms with Gasteiger partial charge in [-0.2, -0.15) is 0 Å². The SMILES string of the molecule is NCCOCC(=O)N1CCC2NC(=O)CCC2C1. The number of hydrogen-bond acceptors (Lipinski definition) is 4. The molecule has 2 rings (SSSR count). The van der Waals surface area contributed by atoms with Crippen molar-refractivity contribution in [2.24, 2.45) is 11.7 Å². The summed E-state index contributed by atoms with van der Waals surface area (Å²) in [6, 6.07) is 0.250. The van der Waals surface area contributed by atoms with Crippen LogP contribution in [0.3, 0.4) is 0 Å². The van der Waals surface area contributed by atoms with Crippen molar-refractivity contribution in [1.82, 2.24) is 10.2 Å². The van der Waals surface area contributed by atoms with Crippen molar-refractivity contribution in [1.29, 1.82) is 0 Å². The zero-order valence-electron chi connectivity index (χ0n) is 10.6. The molecule has 6 heteroatoms. The third-order valence-corrected chi connectivity index (χ3v) is 3.66. The minimum Gasteiger partial charge on any atom is -0.370 e. The number of nitrogens with one attached hydrogen (secondary N) is 1. The first-order valence-electron chi connectivity index (χ1n) is 6.55. The van der Waals surface area contributed by atoms with Gasteiger partial charge in [0, 0.05) is 32.1 Å². The van der Waals surface area contributed by atoms with Crippen molar-refractivity contribution in [2.45, 2.75) is 25.3 Å². The Bertz CT molecular complexity index is 322. The molecule has 2 saturated heterocycles. The summed E-state index contributed by atoms with van der Waals surface area (Å²) < 4.78 is 5.16. The van der Waals surface area contributed by atoms with Gasteiger partial charge in [0.15, 0.2) is 0 Å². The lowest BCUT2D eigenvalue weighted by Crippen LogP contribution is -2.55. The Hall–Kier alpha value is -1.14. The zero-order valence-corrected chi connectivity index (χ0v) is 10.6. The quantitative estimate of drug-likeness (QED) is 0.637. The molecule has 2 heterocycles. The monoisotopic (exact) mass is 255 g/mol. The summed E-state index contributed by atoms with van der Waals surface area (Å²) >= 11 is 0. The highest BCUT2D eigenvalue weighted by molar-refractivity contribution is 5.78. The van der Waals surface area contributed by atoms with Crippen LogP contribution in [0.5, 0.6) is 0 Å². The van der Waals surface area contributed by atoms with Crippen LogP contribution in [0, 0.1) is 5.92 Å². The Labute approximate surface area is 107 Å². The highest BCUT2D eigenvalue weighted by atomic mass is 16.5. The maximum atomic E-state index is 11.9. The lowest BCUT2D eigenvalue weighted by atomic mass is 9.85. The maximum Gasteiger partial charge on any atom is 0.248 e. The van der Waals surface area contributed by atoms with Crippen molar-refractivity contribution in [3.63, 3.8) is 0 Å². The number of fused-ring (bicyclic) bond motifs is 1. The van der Waals surface area contributed by atoms with E-state index in [1.807, 2.05) is 4.90 Å². The Kier molecular flexibility index (Phi) is 4.54. The third kappa shape index (κ3) is 3.20. The van der Waals surface area contributed by atoms with Crippen LogP contribution in [0.2, 0.25) is 0 Å². The summed E-state index contributed by atoms with van der Waals surface area (Å²) in [5.74, 6) is 0.566. The minimum atomic E-state index is 0.0267. The number of carbonyl (C=O) groups excluding carboxylic acids is 2. The number of piperidine rings is 2. The number of likely N-dealkylation sites (tertiary alicyclic amines) is 1. The Morgan fingerprint density at radius 2 is 2.33 bits per heavy atom. The first-order chi connectivity index (χ1) is 8.70. The molecule has 0 spiro atoms.